The molecule has 0 spiro atoms. The molecule has 96 valence electrons. The van der Waals surface area contributed by atoms with Crippen LogP contribution in [-0.2, 0) is 13.2 Å². The molecule has 2 rings (SSSR count). The highest BCUT2D eigenvalue weighted by Gasteiger charge is 2.04. The van der Waals surface area contributed by atoms with Gasteiger partial charge in [-0.3, -0.25) is 0 Å². The number of halogens is 2. The van der Waals surface area contributed by atoms with Gasteiger partial charge in [-0.2, -0.15) is 0 Å². The Bertz CT molecular complexity index is 531. The Kier molecular flexibility index (Phi) is 4.83. The van der Waals surface area contributed by atoms with Crippen LogP contribution in [-0.4, -0.2) is 12.0 Å². The lowest BCUT2D eigenvalue weighted by molar-refractivity contribution is 0.302. The molecule has 0 saturated heterocycles. The van der Waals surface area contributed by atoms with Crippen molar-refractivity contribution in [3.8, 4) is 5.75 Å². The van der Waals surface area contributed by atoms with Gasteiger partial charge in [0.1, 0.15) is 17.4 Å². The van der Waals surface area contributed by atoms with E-state index in [1.807, 2.05) is 12.4 Å². The quantitative estimate of drug-likeness (QED) is 0.913. The van der Waals surface area contributed by atoms with Crippen LogP contribution >= 0.6 is 34.5 Å². The second kappa shape index (κ2) is 6.38. The van der Waals surface area contributed by atoms with Gasteiger partial charge in [0.25, 0.3) is 0 Å². The standard InChI is InChI=1S/C12H12Cl2N2OS/c1-15-5-12-16-8(7-18-12)6-17-9-2-3-10(13)11(14)4-9/h2-4,7,15H,5-6H2,1H3. The monoisotopic (exact) mass is 302 g/mol. The molecule has 18 heavy (non-hydrogen) atoms. The maximum Gasteiger partial charge on any atom is 0.131 e. The van der Waals surface area contributed by atoms with Crippen molar-refractivity contribution in [3.63, 3.8) is 0 Å². The molecule has 0 atom stereocenters. The first-order chi connectivity index (χ1) is 8.69. The van der Waals surface area contributed by atoms with Gasteiger partial charge in [-0.05, 0) is 19.2 Å². The smallest absolute Gasteiger partial charge is 0.131 e. The van der Waals surface area contributed by atoms with Gasteiger partial charge in [0.15, 0.2) is 0 Å². The summed E-state index contributed by atoms with van der Waals surface area (Å²) >= 11 is 13.4. The fourth-order valence-corrected chi connectivity index (χ4v) is 2.45. The minimum Gasteiger partial charge on any atom is -0.487 e. The van der Waals surface area contributed by atoms with E-state index >= 15 is 0 Å². The highest BCUT2D eigenvalue weighted by Crippen LogP contribution is 2.26. The summed E-state index contributed by atoms with van der Waals surface area (Å²) in [5, 5.41) is 7.11. The van der Waals surface area contributed by atoms with Crippen LogP contribution in [0.1, 0.15) is 10.7 Å². The molecule has 1 aromatic carbocycles. The van der Waals surface area contributed by atoms with Crippen LogP contribution in [0, 0.1) is 0 Å². The molecule has 1 N–H and O–H groups in total. The van der Waals surface area contributed by atoms with Crippen LogP contribution < -0.4 is 10.1 Å². The van der Waals surface area contributed by atoms with Crippen molar-refractivity contribution in [1.82, 2.24) is 10.3 Å². The summed E-state index contributed by atoms with van der Waals surface area (Å²) in [4.78, 5) is 4.43. The van der Waals surface area contributed by atoms with E-state index < -0.39 is 0 Å². The van der Waals surface area contributed by atoms with Crippen molar-refractivity contribution in [2.45, 2.75) is 13.2 Å². The van der Waals surface area contributed by atoms with E-state index in [4.69, 9.17) is 27.9 Å². The minimum absolute atomic E-state index is 0.429. The predicted octanol–water partition coefficient (Wildman–Crippen LogP) is 3.75. The Labute approximate surface area is 120 Å². The van der Waals surface area contributed by atoms with E-state index in [9.17, 15) is 0 Å². The van der Waals surface area contributed by atoms with Crippen LogP contribution in [0.3, 0.4) is 0 Å². The van der Waals surface area contributed by atoms with Crippen LogP contribution in [0.15, 0.2) is 23.6 Å². The molecular weight excluding hydrogens is 291 g/mol. The van der Waals surface area contributed by atoms with Crippen molar-refractivity contribution < 1.29 is 4.74 Å². The molecular formula is C12H12Cl2N2OS. The highest BCUT2D eigenvalue weighted by molar-refractivity contribution is 7.09. The van der Waals surface area contributed by atoms with Crippen molar-refractivity contribution in [2.75, 3.05) is 7.05 Å². The lowest BCUT2D eigenvalue weighted by Crippen LogP contribution is -2.05. The molecule has 0 aliphatic carbocycles. The molecule has 1 aromatic heterocycles. The summed E-state index contributed by atoms with van der Waals surface area (Å²) < 4.78 is 5.60. The zero-order valence-electron chi connectivity index (χ0n) is 9.74. The first-order valence-corrected chi connectivity index (χ1v) is 6.98. The van der Waals surface area contributed by atoms with Crippen LogP contribution in [0.2, 0.25) is 10.0 Å². The lowest BCUT2D eigenvalue weighted by atomic mass is 10.3. The first kappa shape index (κ1) is 13.6. The van der Waals surface area contributed by atoms with Gasteiger partial charge in [-0.25, -0.2) is 4.98 Å². The molecule has 0 unspecified atom stereocenters. The van der Waals surface area contributed by atoms with Crippen LogP contribution in [0.5, 0.6) is 5.75 Å². The summed E-state index contributed by atoms with van der Waals surface area (Å²) in [7, 11) is 1.90. The van der Waals surface area contributed by atoms with E-state index in [2.05, 4.69) is 10.3 Å². The van der Waals surface area contributed by atoms with Crippen LogP contribution in [0.4, 0.5) is 0 Å². The maximum atomic E-state index is 5.91. The zero-order valence-corrected chi connectivity index (χ0v) is 12.1. The van der Waals surface area contributed by atoms with Crippen molar-refractivity contribution in [1.29, 1.82) is 0 Å². The number of aromatic nitrogens is 1. The number of nitrogens with one attached hydrogen (secondary N) is 1. The van der Waals surface area contributed by atoms with Crippen molar-refractivity contribution in [2.24, 2.45) is 0 Å². The Morgan fingerprint density at radius 1 is 1.33 bits per heavy atom. The molecule has 6 heteroatoms. The second-order valence-electron chi connectivity index (χ2n) is 3.63. The van der Waals surface area contributed by atoms with Gasteiger partial charge in [0, 0.05) is 18.0 Å². The number of ether oxygens (including phenoxy) is 1. The Hall–Kier alpha value is -0.810. The number of hydrogen-bond acceptors (Lipinski definition) is 4. The van der Waals surface area contributed by atoms with E-state index in [0.29, 0.717) is 22.4 Å². The Morgan fingerprint density at radius 2 is 2.17 bits per heavy atom. The largest absolute Gasteiger partial charge is 0.487 e. The Morgan fingerprint density at radius 3 is 2.89 bits per heavy atom. The summed E-state index contributed by atoms with van der Waals surface area (Å²) in [6, 6.07) is 5.20. The van der Waals surface area contributed by atoms with Gasteiger partial charge < -0.3 is 10.1 Å². The Balaban J connectivity index is 1.95. The molecule has 0 radical (unpaired) electrons. The molecule has 0 bridgehead atoms. The van der Waals surface area contributed by atoms with E-state index in [0.717, 1.165) is 17.2 Å². The molecule has 1 heterocycles. The van der Waals surface area contributed by atoms with Gasteiger partial charge in [-0.1, -0.05) is 23.2 Å². The molecule has 0 amide bonds. The third-order valence-corrected chi connectivity index (χ3v) is 3.84. The van der Waals surface area contributed by atoms with Gasteiger partial charge >= 0.3 is 0 Å². The third-order valence-electron chi connectivity index (χ3n) is 2.21. The molecule has 0 saturated carbocycles. The third kappa shape index (κ3) is 3.59. The van der Waals surface area contributed by atoms with E-state index in [1.54, 1.807) is 29.5 Å². The molecule has 0 aliphatic heterocycles. The first-order valence-electron chi connectivity index (χ1n) is 5.35. The second-order valence-corrected chi connectivity index (χ2v) is 5.38. The molecule has 0 aliphatic rings. The van der Waals surface area contributed by atoms with Crippen molar-refractivity contribution in [3.05, 3.63) is 44.3 Å². The summed E-state index contributed by atoms with van der Waals surface area (Å²) in [5.41, 5.74) is 0.913. The van der Waals surface area contributed by atoms with E-state index in [-0.39, 0.29) is 0 Å². The fraction of sp³-hybridized carbons (Fsp3) is 0.250. The number of nitrogens with zero attached hydrogens (tertiary/aromatic N) is 1. The van der Waals surface area contributed by atoms with Crippen molar-refractivity contribution >= 4 is 34.5 Å². The summed E-state index contributed by atoms with van der Waals surface area (Å²) in [5.74, 6) is 0.688. The number of thiazole rings is 1. The number of hydrogen-bond donors (Lipinski definition) is 1. The van der Waals surface area contributed by atoms with Gasteiger partial charge in [0.2, 0.25) is 0 Å². The topological polar surface area (TPSA) is 34.2 Å². The molecule has 2 aromatic rings. The maximum absolute atomic E-state index is 5.91. The predicted molar refractivity (Wildman–Crippen MR) is 75.7 cm³/mol. The highest BCUT2D eigenvalue weighted by atomic mass is 35.5. The fourth-order valence-electron chi connectivity index (χ4n) is 1.37. The lowest BCUT2D eigenvalue weighted by Gasteiger charge is -2.05. The van der Waals surface area contributed by atoms with Gasteiger partial charge in [0.05, 0.1) is 15.7 Å². The zero-order chi connectivity index (χ0) is 13.0. The molecule has 0 fully saturated rings. The number of rotatable bonds is 5. The average Bonchev–Trinajstić information content (AvgIpc) is 2.79. The van der Waals surface area contributed by atoms with Crippen LogP contribution in [0.25, 0.3) is 0 Å². The SMILES string of the molecule is CNCc1nc(COc2ccc(Cl)c(Cl)c2)cs1. The minimum atomic E-state index is 0.429. The number of benzene rings is 1. The van der Waals surface area contributed by atoms with E-state index in [1.165, 1.54) is 0 Å². The van der Waals surface area contributed by atoms with Gasteiger partial charge in [-0.15, -0.1) is 11.3 Å². The average molecular weight is 303 g/mol. The summed E-state index contributed by atoms with van der Waals surface area (Å²) in [6.07, 6.45) is 0. The summed E-state index contributed by atoms with van der Waals surface area (Å²) in [6.45, 7) is 1.20. The molecule has 3 nitrogen and oxygen atoms in total. The normalized spacial score (nSPS) is 10.6.